The summed E-state index contributed by atoms with van der Waals surface area (Å²) in [7, 11) is -3.81. The maximum atomic E-state index is 12.3. The Morgan fingerprint density at radius 1 is 1.24 bits per heavy atom. The van der Waals surface area contributed by atoms with Gasteiger partial charge in [0.25, 0.3) is 0 Å². The lowest BCUT2D eigenvalue weighted by atomic mass is 10.4. The highest BCUT2D eigenvalue weighted by Gasteiger charge is 2.24. The maximum Gasteiger partial charge on any atom is 0.243 e. The first-order valence-electron chi connectivity index (χ1n) is 5.71. The summed E-state index contributed by atoms with van der Waals surface area (Å²) in [5.74, 6) is 0. The molecule has 0 aliphatic heterocycles. The van der Waals surface area contributed by atoms with Gasteiger partial charge in [-0.15, -0.1) is 12.4 Å². The summed E-state index contributed by atoms with van der Waals surface area (Å²) in [4.78, 5) is 0.115. The molecule has 21 heavy (non-hydrogen) atoms. The minimum absolute atomic E-state index is 0. The Morgan fingerprint density at radius 2 is 1.81 bits per heavy atom. The summed E-state index contributed by atoms with van der Waals surface area (Å²) in [5, 5.41) is 2.87. The molecule has 0 aromatic heterocycles. The molecule has 122 valence electrons. The third-order valence-corrected chi connectivity index (χ3v) is 6.64. The molecule has 0 saturated heterocycles. The molecule has 1 rings (SSSR count). The number of sulfonamides is 1. The highest BCUT2D eigenvalue weighted by Crippen LogP contribution is 2.27. The second-order valence-electron chi connectivity index (χ2n) is 4.29. The highest BCUT2D eigenvalue weighted by molar-refractivity contribution is 9.10. The first kappa shape index (κ1) is 20.8. The Hall–Kier alpha value is -0.190. The van der Waals surface area contributed by atoms with Crippen LogP contribution in [0.5, 0.6) is 0 Å². The SMILES string of the molecule is CNCCN(C)S(=O)(=O)c1ccc(S(C)(=O)=O)cc1Br.Cl. The number of hydrogen-bond acceptors (Lipinski definition) is 5. The van der Waals surface area contributed by atoms with E-state index in [2.05, 4.69) is 21.2 Å². The molecule has 0 spiro atoms. The molecule has 0 unspecified atom stereocenters. The molecule has 0 amide bonds. The van der Waals surface area contributed by atoms with Crippen molar-refractivity contribution < 1.29 is 16.8 Å². The van der Waals surface area contributed by atoms with E-state index in [-0.39, 0.29) is 26.7 Å². The molecule has 10 heteroatoms. The van der Waals surface area contributed by atoms with Crippen LogP contribution < -0.4 is 5.32 Å². The molecular weight excluding hydrogens is 404 g/mol. The van der Waals surface area contributed by atoms with Gasteiger partial charge in [0.05, 0.1) is 9.79 Å². The Labute approximate surface area is 140 Å². The number of sulfone groups is 1. The van der Waals surface area contributed by atoms with E-state index < -0.39 is 19.9 Å². The second-order valence-corrected chi connectivity index (χ2v) is 9.18. The van der Waals surface area contributed by atoms with Crippen LogP contribution in [0, 0.1) is 0 Å². The van der Waals surface area contributed by atoms with Gasteiger partial charge >= 0.3 is 0 Å². The first-order chi connectivity index (χ1) is 9.10. The molecule has 0 radical (unpaired) electrons. The average Bonchev–Trinajstić information content (AvgIpc) is 2.34. The highest BCUT2D eigenvalue weighted by atomic mass is 79.9. The minimum atomic E-state index is -3.65. The van der Waals surface area contributed by atoms with Gasteiger partial charge in [0.15, 0.2) is 9.84 Å². The molecule has 0 aliphatic rings. The maximum absolute atomic E-state index is 12.3. The lowest BCUT2D eigenvalue weighted by Gasteiger charge is -2.18. The third kappa shape index (κ3) is 5.19. The van der Waals surface area contributed by atoms with Crippen molar-refractivity contribution in [1.82, 2.24) is 9.62 Å². The summed E-state index contributed by atoms with van der Waals surface area (Å²) >= 11 is 3.13. The van der Waals surface area contributed by atoms with Crippen LogP contribution in [0.3, 0.4) is 0 Å². The van der Waals surface area contributed by atoms with Crippen molar-refractivity contribution in [2.45, 2.75) is 9.79 Å². The lowest BCUT2D eigenvalue weighted by molar-refractivity contribution is 0.465. The molecule has 1 aromatic rings. The molecule has 0 saturated carbocycles. The van der Waals surface area contributed by atoms with Gasteiger partial charge in [-0.1, -0.05) is 0 Å². The van der Waals surface area contributed by atoms with Crippen LogP contribution in [0.25, 0.3) is 0 Å². The molecular formula is C11H18BrClN2O4S2. The van der Waals surface area contributed by atoms with Gasteiger partial charge in [0.1, 0.15) is 0 Å². The molecule has 0 bridgehead atoms. The fourth-order valence-corrected chi connectivity index (χ4v) is 4.48. The predicted octanol–water partition coefficient (Wildman–Crippen LogP) is 1.11. The van der Waals surface area contributed by atoms with Crippen LogP contribution in [-0.2, 0) is 19.9 Å². The quantitative estimate of drug-likeness (QED) is 0.744. The van der Waals surface area contributed by atoms with Crippen LogP contribution in [-0.4, -0.2) is 54.6 Å². The monoisotopic (exact) mass is 420 g/mol. The van der Waals surface area contributed by atoms with Crippen molar-refractivity contribution in [1.29, 1.82) is 0 Å². The zero-order valence-corrected chi connectivity index (χ0v) is 15.9. The van der Waals surface area contributed by atoms with Gasteiger partial charge in [0.2, 0.25) is 10.0 Å². The fraction of sp³-hybridized carbons (Fsp3) is 0.455. The number of nitrogens with one attached hydrogen (secondary N) is 1. The van der Waals surface area contributed by atoms with E-state index >= 15 is 0 Å². The molecule has 1 N–H and O–H groups in total. The van der Waals surface area contributed by atoms with Crippen molar-refractivity contribution in [2.24, 2.45) is 0 Å². The Bertz CT molecular complexity index is 692. The van der Waals surface area contributed by atoms with Crippen LogP contribution in [0.4, 0.5) is 0 Å². The van der Waals surface area contributed by atoms with Gasteiger partial charge in [0, 0.05) is 30.9 Å². The zero-order valence-electron chi connectivity index (χ0n) is 11.8. The molecule has 0 atom stereocenters. The third-order valence-electron chi connectivity index (χ3n) is 2.70. The van der Waals surface area contributed by atoms with E-state index in [0.717, 1.165) is 6.26 Å². The van der Waals surface area contributed by atoms with Gasteiger partial charge in [-0.25, -0.2) is 16.8 Å². The molecule has 0 heterocycles. The van der Waals surface area contributed by atoms with E-state index in [1.165, 1.54) is 29.6 Å². The predicted molar refractivity (Wildman–Crippen MR) is 88.2 cm³/mol. The van der Waals surface area contributed by atoms with Crippen molar-refractivity contribution in [2.75, 3.05) is 33.4 Å². The van der Waals surface area contributed by atoms with E-state index in [9.17, 15) is 16.8 Å². The van der Waals surface area contributed by atoms with Crippen LogP contribution in [0.15, 0.2) is 32.5 Å². The molecule has 0 aliphatic carbocycles. The summed E-state index contributed by atoms with van der Waals surface area (Å²) in [6, 6.07) is 3.89. The van der Waals surface area contributed by atoms with E-state index in [1.54, 1.807) is 7.05 Å². The standard InChI is InChI=1S/C11H17BrN2O4S2.ClH/c1-13-6-7-14(2)20(17,18)11-5-4-9(8-10(11)12)19(3,15)16;/h4-5,8,13H,6-7H2,1-3H3;1H. The zero-order chi connectivity index (χ0) is 15.6. The Kier molecular flexibility index (Phi) is 7.82. The average molecular weight is 422 g/mol. The number of benzene rings is 1. The molecule has 0 fully saturated rings. The summed E-state index contributed by atoms with van der Waals surface area (Å²) in [6.07, 6.45) is 1.07. The van der Waals surface area contributed by atoms with Crippen LogP contribution in [0.1, 0.15) is 0 Å². The summed E-state index contributed by atoms with van der Waals surface area (Å²) in [5.41, 5.74) is 0. The second kappa shape index (κ2) is 7.89. The van der Waals surface area contributed by atoms with Gasteiger partial charge in [-0.3, -0.25) is 0 Å². The fourth-order valence-electron chi connectivity index (χ4n) is 1.48. The lowest BCUT2D eigenvalue weighted by Crippen LogP contribution is -2.33. The number of nitrogens with zero attached hydrogens (tertiary/aromatic N) is 1. The first-order valence-corrected chi connectivity index (χ1v) is 9.83. The molecule has 6 nitrogen and oxygen atoms in total. The summed E-state index contributed by atoms with van der Waals surface area (Å²) < 4.78 is 49.0. The minimum Gasteiger partial charge on any atom is -0.318 e. The molecule has 1 aromatic carbocycles. The number of hydrogen-bond donors (Lipinski definition) is 1. The van der Waals surface area contributed by atoms with E-state index in [1.807, 2.05) is 0 Å². The Balaban J connectivity index is 0.00000400. The Morgan fingerprint density at radius 3 is 2.24 bits per heavy atom. The van der Waals surface area contributed by atoms with E-state index in [0.29, 0.717) is 13.1 Å². The normalized spacial score (nSPS) is 12.2. The van der Waals surface area contributed by atoms with Gasteiger partial charge in [-0.2, -0.15) is 4.31 Å². The van der Waals surface area contributed by atoms with Crippen molar-refractivity contribution >= 4 is 48.2 Å². The number of likely N-dealkylation sites (N-methyl/N-ethyl adjacent to an activating group) is 2. The summed E-state index contributed by atoms with van der Waals surface area (Å²) in [6.45, 7) is 0.841. The largest absolute Gasteiger partial charge is 0.318 e. The van der Waals surface area contributed by atoms with Crippen molar-refractivity contribution in [3.05, 3.63) is 22.7 Å². The van der Waals surface area contributed by atoms with Gasteiger partial charge < -0.3 is 5.32 Å². The van der Waals surface area contributed by atoms with Gasteiger partial charge in [-0.05, 0) is 41.2 Å². The van der Waals surface area contributed by atoms with Crippen molar-refractivity contribution in [3.63, 3.8) is 0 Å². The van der Waals surface area contributed by atoms with E-state index in [4.69, 9.17) is 0 Å². The van der Waals surface area contributed by atoms with Crippen LogP contribution in [0.2, 0.25) is 0 Å². The van der Waals surface area contributed by atoms with Crippen LogP contribution >= 0.6 is 28.3 Å². The smallest absolute Gasteiger partial charge is 0.243 e. The number of halogens is 2. The number of rotatable bonds is 6. The van der Waals surface area contributed by atoms with Crippen molar-refractivity contribution in [3.8, 4) is 0 Å². The topological polar surface area (TPSA) is 83.6 Å².